The average molecular weight is 498 g/mol. The largest absolute Gasteiger partial charge is 0.507 e. The number of nitrogens with one attached hydrogen (secondary N) is 1. The highest BCUT2D eigenvalue weighted by atomic mass is 32.2. The highest BCUT2D eigenvalue weighted by molar-refractivity contribution is 7.98. The van der Waals surface area contributed by atoms with E-state index in [4.69, 9.17) is 0 Å². The standard InChI is InChI=1S/C24H25F2N7OS/c1-35-24-28-10-16(25)22(30-24)12-2-6-15(20(34)8-12)18-11-27-23(32-31-18)33(14-4-5-14)19-9-13-3-7-17(29-13)21(19)26/h2,6,8,10-11,13-14,17,19,21,29,34H,3-5,7,9H2,1H3/t13-,17-,19+,21-/m0/s1. The van der Waals surface area contributed by atoms with Gasteiger partial charge in [0.05, 0.1) is 18.4 Å². The molecule has 2 aliphatic heterocycles. The van der Waals surface area contributed by atoms with Gasteiger partial charge in [-0.05, 0) is 50.5 Å². The molecule has 3 aromatic rings. The fourth-order valence-corrected chi connectivity index (χ4v) is 5.58. The molecule has 8 nitrogen and oxygen atoms in total. The van der Waals surface area contributed by atoms with Crippen molar-refractivity contribution in [1.29, 1.82) is 0 Å². The van der Waals surface area contributed by atoms with Crippen molar-refractivity contribution >= 4 is 17.7 Å². The van der Waals surface area contributed by atoms with E-state index in [-0.39, 0.29) is 29.6 Å². The summed E-state index contributed by atoms with van der Waals surface area (Å²) < 4.78 is 29.6. The fraction of sp³-hybridized carbons (Fsp3) is 0.458. The Labute approximate surface area is 205 Å². The van der Waals surface area contributed by atoms with Crippen LogP contribution in [0.4, 0.5) is 14.7 Å². The number of rotatable bonds is 6. The molecule has 2 aromatic heterocycles. The molecule has 6 rings (SSSR count). The van der Waals surface area contributed by atoms with E-state index in [0.717, 1.165) is 38.3 Å². The van der Waals surface area contributed by atoms with Gasteiger partial charge in [0.25, 0.3) is 0 Å². The summed E-state index contributed by atoms with van der Waals surface area (Å²) in [5.41, 5.74) is 1.33. The van der Waals surface area contributed by atoms with Crippen LogP contribution in [-0.4, -0.2) is 66.9 Å². The number of piperidine rings is 1. The minimum absolute atomic E-state index is 0.0899. The van der Waals surface area contributed by atoms with Gasteiger partial charge in [-0.25, -0.2) is 23.7 Å². The van der Waals surface area contributed by atoms with E-state index >= 15 is 4.39 Å². The Morgan fingerprint density at radius 3 is 2.69 bits per heavy atom. The minimum Gasteiger partial charge on any atom is -0.507 e. The monoisotopic (exact) mass is 497 g/mol. The number of nitrogens with zero attached hydrogens (tertiary/aromatic N) is 6. The van der Waals surface area contributed by atoms with Crippen LogP contribution in [0.15, 0.2) is 35.7 Å². The van der Waals surface area contributed by atoms with E-state index in [0.29, 0.717) is 34.0 Å². The zero-order valence-electron chi connectivity index (χ0n) is 19.1. The molecule has 4 atom stereocenters. The number of aromatic hydroxyl groups is 1. The third kappa shape index (κ3) is 4.20. The van der Waals surface area contributed by atoms with Crippen molar-refractivity contribution in [2.45, 2.75) is 67.6 Å². The highest BCUT2D eigenvalue weighted by Gasteiger charge is 2.48. The van der Waals surface area contributed by atoms with Crippen LogP contribution >= 0.6 is 11.8 Å². The molecule has 2 bridgehead atoms. The summed E-state index contributed by atoms with van der Waals surface area (Å²) in [6, 6.07) is 4.96. The van der Waals surface area contributed by atoms with Crippen LogP contribution in [0.3, 0.4) is 0 Å². The summed E-state index contributed by atoms with van der Waals surface area (Å²) in [7, 11) is 0. The van der Waals surface area contributed by atoms with Crippen molar-refractivity contribution < 1.29 is 13.9 Å². The molecular weight excluding hydrogens is 472 g/mol. The number of anilines is 1. The number of benzene rings is 1. The molecular formula is C24H25F2N7OS. The molecule has 11 heteroatoms. The lowest BCUT2D eigenvalue weighted by molar-refractivity contribution is 0.171. The summed E-state index contributed by atoms with van der Waals surface area (Å²) in [4.78, 5) is 14.7. The molecule has 3 aliphatic rings. The number of aromatic nitrogens is 5. The van der Waals surface area contributed by atoms with Gasteiger partial charge in [-0.1, -0.05) is 17.8 Å². The molecule has 3 fully saturated rings. The second-order valence-electron chi connectivity index (χ2n) is 9.36. The average Bonchev–Trinajstić information content (AvgIpc) is 3.62. The molecule has 1 aromatic carbocycles. The number of hydrogen-bond acceptors (Lipinski definition) is 9. The lowest BCUT2D eigenvalue weighted by Gasteiger charge is -2.40. The van der Waals surface area contributed by atoms with Crippen LogP contribution in [0.5, 0.6) is 5.75 Å². The van der Waals surface area contributed by atoms with Crippen LogP contribution in [0.2, 0.25) is 0 Å². The smallest absolute Gasteiger partial charge is 0.245 e. The Morgan fingerprint density at radius 2 is 1.97 bits per heavy atom. The van der Waals surface area contributed by atoms with Crippen LogP contribution in [0, 0.1) is 5.82 Å². The Bertz CT molecular complexity index is 1240. The van der Waals surface area contributed by atoms with Gasteiger partial charge in [0.15, 0.2) is 11.0 Å². The van der Waals surface area contributed by atoms with Crippen LogP contribution in [0.1, 0.15) is 32.1 Å². The van der Waals surface area contributed by atoms with Crippen LogP contribution in [-0.2, 0) is 0 Å². The van der Waals surface area contributed by atoms with Crippen molar-refractivity contribution in [2.24, 2.45) is 0 Å². The Balaban J connectivity index is 1.27. The Hall–Kier alpha value is -2.92. The van der Waals surface area contributed by atoms with Gasteiger partial charge in [0.1, 0.15) is 23.3 Å². The van der Waals surface area contributed by atoms with Crippen molar-refractivity contribution in [2.75, 3.05) is 11.2 Å². The first kappa shape index (κ1) is 22.5. The maximum absolute atomic E-state index is 15.3. The van der Waals surface area contributed by atoms with Crippen LogP contribution in [0.25, 0.3) is 22.5 Å². The van der Waals surface area contributed by atoms with Crippen molar-refractivity contribution in [3.8, 4) is 28.3 Å². The molecule has 2 N–H and O–H groups in total. The number of phenolic OH excluding ortho intramolecular Hbond substituents is 1. The molecule has 2 saturated heterocycles. The summed E-state index contributed by atoms with van der Waals surface area (Å²) in [6.45, 7) is 0. The van der Waals surface area contributed by atoms with Gasteiger partial charge in [0.2, 0.25) is 5.95 Å². The SMILES string of the molecule is CSc1ncc(F)c(-c2ccc(-c3cnc(N(C4CC4)[C@@H]4C[C@@H]5CC[C@H](N5)[C@@H]4F)nn3)c(O)c2)n1. The van der Waals surface area contributed by atoms with Crippen LogP contribution < -0.4 is 10.2 Å². The predicted octanol–water partition coefficient (Wildman–Crippen LogP) is 3.76. The molecule has 0 unspecified atom stereocenters. The third-order valence-corrected chi connectivity index (χ3v) is 7.65. The number of hydrogen-bond donors (Lipinski definition) is 2. The fourth-order valence-electron chi connectivity index (χ4n) is 5.24. The molecule has 1 aliphatic carbocycles. The van der Waals surface area contributed by atoms with E-state index in [1.54, 1.807) is 24.6 Å². The molecule has 0 radical (unpaired) electrons. The quantitative estimate of drug-likeness (QED) is 0.389. The minimum atomic E-state index is -0.969. The predicted molar refractivity (Wildman–Crippen MR) is 128 cm³/mol. The first-order valence-electron chi connectivity index (χ1n) is 11.8. The van der Waals surface area contributed by atoms with Crippen molar-refractivity contribution in [1.82, 2.24) is 30.5 Å². The third-order valence-electron chi connectivity index (χ3n) is 7.08. The molecule has 0 amide bonds. The van der Waals surface area contributed by atoms with E-state index in [9.17, 15) is 9.50 Å². The number of phenols is 1. The summed E-state index contributed by atoms with van der Waals surface area (Å²) in [5, 5.41) is 23.1. The summed E-state index contributed by atoms with van der Waals surface area (Å²) in [6.07, 6.45) is 8.11. The first-order valence-corrected chi connectivity index (χ1v) is 13.0. The lowest BCUT2D eigenvalue weighted by atomic mass is 9.96. The Kier molecular flexibility index (Phi) is 5.76. The topological polar surface area (TPSA) is 100.0 Å². The normalized spacial score (nSPS) is 25.6. The van der Waals surface area contributed by atoms with E-state index in [1.165, 1.54) is 17.8 Å². The maximum Gasteiger partial charge on any atom is 0.245 e. The molecule has 182 valence electrons. The van der Waals surface area contributed by atoms with Crippen molar-refractivity contribution in [3.63, 3.8) is 0 Å². The maximum atomic E-state index is 15.3. The van der Waals surface area contributed by atoms with Gasteiger partial charge in [-0.15, -0.1) is 10.2 Å². The number of halogens is 2. The number of thioether (sulfide) groups is 1. The molecule has 4 heterocycles. The second kappa shape index (κ2) is 8.94. The molecule has 0 spiro atoms. The molecule has 35 heavy (non-hydrogen) atoms. The number of alkyl halides is 1. The number of fused-ring (bicyclic) bond motifs is 2. The van der Waals surface area contributed by atoms with Crippen molar-refractivity contribution in [3.05, 3.63) is 36.4 Å². The van der Waals surface area contributed by atoms with Gasteiger partial charge in [-0.2, -0.15) is 0 Å². The van der Waals surface area contributed by atoms with E-state index in [2.05, 4.69) is 30.5 Å². The zero-order chi connectivity index (χ0) is 24.1. The summed E-state index contributed by atoms with van der Waals surface area (Å²) in [5.74, 6) is -0.236. The highest BCUT2D eigenvalue weighted by Crippen LogP contribution is 2.40. The molecule has 1 saturated carbocycles. The van der Waals surface area contributed by atoms with E-state index in [1.807, 2.05) is 4.90 Å². The zero-order valence-corrected chi connectivity index (χ0v) is 19.9. The Morgan fingerprint density at radius 1 is 1.11 bits per heavy atom. The summed E-state index contributed by atoms with van der Waals surface area (Å²) >= 11 is 1.31. The lowest BCUT2D eigenvalue weighted by Crippen LogP contribution is -2.57. The second-order valence-corrected chi connectivity index (χ2v) is 10.1. The van der Waals surface area contributed by atoms with Gasteiger partial charge < -0.3 is 15.3 Å². The van der Waals surface area contributed by atoms with E-state index < -0.39 is 12.0 Å². The van der Waals surface area contributed by atoms with Gasteiger partial charge >= 0.3 is 0 Å². The van der Waals surface area contributed by atoms with Gasteiger partial charge in [-0.3, -0.25) is 0 Å². The van der Waals surface area contributed by atoms with Gasteiger partial charge in [0, 0.05) is 29.3 Å². The first-order chi connectivity index (χ1) is 17.0.